The Morgan fingerprint density at radius 3 is 1.94 bits per heavy atom. The van der Waals surface area contributed by atoms with E-state index in [1.165, 1.54) is 0 Å². The Labute approximate surface area is 112 Å². The van der Waals surface area contributed by atoms with Gasteiger partial charge in [-0.3, -0.25) is 0 Å². The Morgan fingerprint density at radius 1 is 1.22 bits per heavy atom. The van der Waals surface area contributed by atoms with Crippen molar-refractivity contribution in [2.75, 3.05) is 0 Å². The van der Waals surface area contributed by atoms with Gasteiger partial charge in [-0.15, -0.1) is 0 Å². The fourth-order valence-electron chi connectivity index (χ4n) is 1.55. The quantitative estimate of drug-likeness (QED) is 0.546. The van der Waals surface area contributed by atoms with Crippen molar-refractivity contribution in [3.8, 4) is 0 Å². The predicted molar refractivity (Wildman–Crippen MR) is 75.0 cm³/mol. The van der Waals surface area contributed by atoms with E-state index >= 15 is 0 Å². The Kier molecular flexibility index (Phi) is 8.14. The molecular weight excluding hydrogens is 248 g/mol. The summed E-state index contributed by atoms with van der Waals surface area (Å²) in [5.74, 6) is -0.879. The second kappa shape index (κ2) is 8.45. The molecule has 0 fully saturated rings. The molecule has 18 heavy (non-hydrogen) atoms. The number of allylic oxidation sites excluding steroid dienone is 1. The van der Waals surface area contributed by atoms with E-state index in [0.717, 1.165) is 6.42 Å². The van der Waals surface area contributed by atoms with Gasteiger partial charge in [0.05, 0.1) is 0 Å². The lowest BCUT2D eigenvalue weighted by Crippen LogP contribution is -2.33. The van der Waals surface area contributed by atoms with Gasteiger partial charge in [0.1, 0.15) is 0 Å². The molecule has 1 N–H and O–H groups in total. The molecule has 4 nitrogen and oxygen atoms in total. The van der Waals surface area contributed by atoms with Crippen LogP contribution in [0, 0.1) is 0 Å². The summed E-state index contributed by atoms with van der Waals surface area (Å²) in [5.41, 5.74) is 0.449. The Bertz CT molecular complexity index is 277. The number of hydrogen-bond donors (Lipinski definition) is 1. The summed E-state index contributed by atoms with van der Waals surface area (Å²) in [6.45, 7) is 11.5. The van der Waals surface area contributed by atoms with Gasteiger partial charge in [-0.1, -0.05) is 13.0 Å². The lowest BCUT2D eigenvalue weighted by atomic mass is 10.2. The van der Waals surface area contributed by atoms with Crippen molar-refractivity contribution in [1.29, 1.82) is 0 Å². The second-order valence-electron chi connectivity index (χ2n) is 4.97. The largest absolute Gasteiger partial charge is 0.478 e. The monoisotopic (exact) mass is 274 g/mol. The van der Waals surface area contributed by atoms with Crippen LogP contribution >= 0.6 is 0 Å². The van der Waals surface area contributed by atoms with Gasteiger partial charge in [-0.05, 0) is 41.0 Å². The number of rotatable bonds is 8. The third-order valence-electron chi connectivity index (χ3n) is 2.43. The third kappa shape index (κ3) is 6.93. The number of hydrogen-bond acceptors (Lipinski definition) is 3. The average molecular weight is 274 g/mol. The zero-order valence-corrected chi connectivity index (χ0v) is 13.4. The molecule has 0 aromatic rings. The highest BCUT2D eigenvalue weighted by Crippen LogP contribution is 2.23. The number of carboxylic acid groups (broad SMARTS) is 1. The van der Waals surface area contributed by atoms with Gasteiger partial charge in [0.25, 0.3) is 0 Å². The third-order valence-corrected chi connectivity index (χ3v) is 5.42. The smallest absolute Gasteiger partial charge is 0.330 e. The molecule has 0 heterocycles. The van der Waals surface area contributed by atoms with Crippen LogP contribution in [0.4, 0.5) is 0 Å². The Hall–Kier alpha value is -0.653. The van der Waals surface area contributed by atoms with Crippen molar-refractivity contribution in [2.45, 2.75) is 65.7 Å². The molecule has 0 aliphatic rings. The highest BCUT2D eigenvalue weighted by atomic mass is 28.3. The molecule has 5 heteroatoms. The molecule has 0 saturated heterocycles. The summed E-state index contributed by atoms with van der Waals surface area (Å²) in [5, 5.41) is 8.94. The maximum Gasteiger partial charge on any atom is 0.330 e. The molecule has 0 saturated carbocycles. The number of carboxylic acids is 1. The molecule has 0 aliphatic carbocycles. The maximum atomic E-state index is 10.9. The molecule has 1 atom stereocenters. The van der Waals surface area contributed by atoms with Crippen molar-refractivity contribution >= 4 is 15.3 Å². The minimum atomic E-state index is -1.90. The topological polar surface area (TPSA) is 55.8 Å². The molecule has 106 valence electrons. The van der Waals surface area contributed by atoms with Crippen molar-refractivity contribution in [2.24, 2.45) is 0 Å². The molecule has 0 radical (unpaired) electrons. The average Bonchev–Trinajstić information content (AvgIpc) is 2.22. The highest BCUT2D eigenvalue weighted by molar-refractivity contribution is 6.47. The van der Waals surface area contributed by atoms with Crippen LogP contribution in [0.15, 0.2) is 11.6 Å². The van der Waals surface area contributed by atoms with E-state index < -0.39 is 15.3 Å². The van der Waals surface area contributed by atoms with Crippen molar-refractivity contribution < 1.29 is 18.8 Å². The van der Waals surface area contributed by atoms with Gasteiger partial charge in [0.2, 0.25) is 0 Å². The molecule has 0 aromatic heterocycles. The lowest BCUT2D eigenvalue weighted by Gasteiger charge is -2.26. The first-order valence-corrected chi connectivity index (χ1v) is 8.11. The van der Waals surface area contributed by atoms with Crippen molar-refractivity contribution in [3.63, 3.8) is 0 Å². The first-order valence-electron chi connectivity index (χ1n) is 6.50. The van der Waals surface area contributed by atoms with Crippen molar-refractivity contribution in [1.82, 2.24) is 0 Å². The minimum Gasteiger partial charge on any atom is -0.478 e. The summed E-state index contributed by atoms with van der Waals surface area (Å²) >= 11 is 0. The van der Waals surface area contributed by atoms with Crippen LogP contribution in [0.5, 0.6) is 0 Å². The standard InChI is InChI=1S/C13H26O4Si/c1-7-12(8-11(6)13(14)15)18(16-9(2)3)17-10(4)5/h8-10,12,18H,7H2,1-6H3,(H,14,15). The zero-order valence-electron chi connectivity index (χ0n) is 12.3. The van der Waals surface area contributed by atoms with Gasteiger partial charge in [-0.25, -0.2) is 4.79 Å². The van der Waals surface area contributed by atoms with Crippen LogP contribution in [0.1, 0.15) is 48.0 Å². The minimum absolute atomic E-state index is 0.0888. The molecule has 0 spiro atoms. The summed E-state index contributed by atoms with van der Waals surface area (Å²) in [6.07, 6.45) is 2.83. The number of aliphatic carboxylic acids is 1. The molecule has 0 amide bonds. The van der Waals surface area contributed by atoms with E-state index in [9.17, 15) is 4.79 Å². The van der Waals surface area contributed by atoms with E-state index in [1.54, 1.807) is 13.0 Å². The SMILES string of the molecule is CCC(C=C(C)C(=O)O)[SiH](OC(C)C)OC(C)C. The van der Waals surface area contributed by atoms with Crippen molar-refractivity contribution in [3.05, 3.63) is 11.6 Å². The Balaban J connectivity index is 4.90. The van der Waals surface area contributed by atoms with Crippen LogP contribution in [0.2, 0.25) is 5.54 Å². The fraction of sp³-hybridized carbons (Fsp3) is 0.769. The predicted octanol–water partition coefficient (Wildman–Crippen LogP) is 2.87. The van der Waals surface area contributed by atoms with E-state index in [4.69, 9.17) is 14.0 Å². The first kappa shape index (κ1) is 17.3. The molecule has 0 bridgehead atoms. The molecule has 1 unspecified atom stereocenters. The van der Waals surface area contributed by atoms with Gasteiger partial charge >= 0.3 is 15.3 Å². The fourth-order valence-corrected chi connectivity index (χ4v) is 3.92. The van der Waals surface area contributed by atoms with E-state index in [-0.39, 0.29) is 17.7 Å². The van der Waals surface area contributed by atoms with E-state index in [0.29, 0.717) is 5.57 Å². The van der Waals surface area contributed by atoms with Crippen LogP contribution in [-0.2, 0) is 13.6 Å². The van der Waals surface area contributed by atoms with Crippen LogP contribution in [-0.4, -0.2) is 32.6 Å². The Morgan fingerprint density at radius 2 is 1.67 bits per heavy atom. The molecule has 0 rings (SSSR count). The van der Waals surface area contributed by atoms with Crippen LogP contribution in [0.25, 0.3) is 0 Å². The zero-order chi connectivity index (χ0) is 14.3. The maximum absolute atomic E-state index is 10.9. The van der Waals surface area contributed by atoms with Gasteiger partial charge in [0, 0.05) is 23.3 Å². The van der Waals surface area contributed by atoms with Gasteiger partial charge in [-0.2, -0.15) is 0 Å². The van der Waals surface area contributed by atoms with Crippen LogP contribution < -0.4 is 0 Å². The lowest BCUT2D eigenvalue weighted by molar-refractivity contribution is -0.132. The molecule has 0 aliphatic heterocycles. The van der Waals surface area contributed by atoms with E-state index in [1.807, 2.05) is 34.6 Å². The summed E-state index contributed by atoms with van der Waals surface area (Å²) in [6, 6.07) is 0. The summed E-state index contributed by atoms with van der Waals surface area (Å²) < 4.78 is 11.7. The molecular formula is C13H26O4Si. The molecule has 0 aromatic carbocycles. The van der Waals surface area contributed by atoms with E-state index in [2.05, 4.69) is 0 Å². The van der Waals surface area contributed by atoms with Gasteiger partial charge in [0.15, 0.2) is 0 Å². The van der Waals surface area contributed by atoms with Gasteiger partial charge < -0.3 is 14.0 Å². The summed E-state index contributed by atoms with van der Waals surface area (Å²) in [7, 11) is -1.90. The summed E-state index contributed by atoms with van der Waals surface area (Å²) in [4.78, 5) is 10.9. The number of carbonyl (C=O) groups is 1. The van der Waals surface area contributed by atoms with Crippen LogP contribution in [0.3, 0.4) is 0 Å². The highest BCUT2D eigenvalue weighted by Gasteiger charge is 2.26. The second-order valence-corrected chi connectivity index (χ2v) is 7.10. The normalized spacial score (nSPS) is 14.6. The first-order chi connectivity index (χ1) is 8.27.